The lowest BCUT2D eigenvalue weighted by Gasteiger charge is -2.08. The zero-order chi connectivity index (χ0) is 13.7. The van der Waals surface area contributed by atoms with Gasteiger partial charge in [0.1, 0.15) is 0 Å². The van der Waals surface area contributed by atoms with Gasteiger partial charge in [-0.3, -0.25) is 9.71 Å². The number of aryl methyl sites for hydroxylation is 1. The molecule has 0 aliphatic rings. The van der Waals surface area contributed by atoms with Gasteiger partial charge < -0.3 is 5.73 Å². The number of rotatable bonds is 5. The van der Waals surface area contributed by atoms with Gasteiger partial charge in [0.15, 0.2) is 0 Å². The molecule has 0 spiro atoms. The third-order valence-corrected chi connectivity index (χ3v) is 3.88. The summed E-state index contributed by atoms with van der Waals surface area (Å²) in [6.45, 7) is 0. The lowest BCUT2D eigenvalue weighted by molar-refractivity contribution is 0.600. The van der Waals surface area contributed by atoms with Crippen LogP contribution < -0.4 is 10.5 Å². The van der Waals surface area contributed by atoms with E-state index in [9.17, 15) is 8.42 Å². The minimum Gasteiger partial charge on any atom is -0.399 e. The molecule has 2 aromatic rings. The van der Waals surface area contributed by atoms with Gasteiger partial charge in [-0.25, -0.2) is 8.42 Å². The summed E-state index contributed by atoms with van der Waals surface area (Å²) in [4.78, 5) is 3.89. The van der Waals surface area contributed by atoms with Gasteiger partial charge in [0.2, 0.25) is 10.0 Å². The molecule has 19 heavy (non-hydrogen) atoms. The molecule has 0 fully saturated rings. The van der Waals surface area contributed by atoms with Crippen molar-refractivity contribution in [2.24, 2.45) is 0 Å². The molecule has 0 bridgehead atoms. The van der Waals surface area contributed by atoms with Crippen molar-refractivity contribution >= 4 is 21.4 Å². The van der Waals surface area contributed by atoms with Crippen LogP contribution in [-0.2, 0) is 16.4 Å². The second-order valence-electron chi connectivity index (χ2n) is 4.15. The van der Waals surface area contributed by atoms with Crippen molar-refractivity contribution in [1.29, 1.82) is 0 Å². The van der Waals surface area contributed by atoms with Crippen molar-refractivity contribution in [1.82, 2.24) is 4.98 Å². The van der Waals surface area contributed by atoms with Crippen LogP contribution in [0.1, 0.15) is 5.56 Å². The first-order valence-electron chi connectivity index (χ1n) is 5.80. The molecule has 5 nitrogen and oxygen atoms in total. The van der Waals surface area contributed by atoms with Gasteiger partial charge >= 0.3 is 0 Å². The summed E-state index contributed by atoms with van der Waals surface area (Å²) in [5.41, 5.74) is 7.60. The van der Waals surface area contributed by atoms with E-state index in [-0.39, 0.29) is 5.75 Å². The molecule has 6 heteroatoms. The molecular formula is C13H15N3O2S. The Morgan fingerprint density at radius 1 is 1.05 bits per heavy atom. The zero-order valence-electron chi connectivity index (χ0n) is 10.3. The molecule has 0 aliphatic heterocycles. The maximum atomic E-state index is 11.9. The van der Waals surface area contributed by atoms with Crippen LogP contribution in [0.5, 0.6) is 0 Å². The van der Waals surface area contributed by atoms with E-state index in [0.29, 0.717) is 17.8 Å². The molecule has 0 unspecified atom stereocenters. The fraction of sp³-hybridized carbons (Fsp3) is 0.154. The number of nitrogen functional groups attached to an aromatic ring is 1. The second-order valence-corrected chi connectivity index (χ2v) is 5.99. The van der Waals surface area contributed by atoms with Gasteiger partial charge in [0.25, 0.3) is 0 Å². The Bertz CT molecular complexity index is 625. The van der Waals surface area contributed by atoms with Crippen molar-refractivity contribution in [3.63, 3.8) is 0 Å². The molecule has 0 saturated carbocycles. The molecule has 0 atom stereocenters. The highest BCUT2D eigenvalue weighted by atomic mass is 32.2. The van der Waals surface area contributed by atoms with E-state index in [0.717, 1.165) is 5.56 Å². The topological polar surface area (TPSA) is 85.1 Å². The Morgan fingerprint density at radius 3 is 2.32 bits per heavy atom. The molecule has 1 aromatic carbocycles. The average molecular weight is 277 g/mol. The van der Waals surface area contributed by atoms with Gasteiger partial charge in [0, 0.05) is 23.8 Å². The molecule has 1 heterocycles. The van der Waals surface area contributed by atoms with Crippen molar-refractivity contribution < 1.29 is 8.42 Å². The molecule has 3 N–H and O–H groups in total. The van der Waals surface area contributed by atoms with Crippen LogP contribution in [0.3, 0.4) is 0 Å². The van der Waals surface area contributed by atoms with Crippen LogP contribution in [-0.4, -0.2) is 19.2 Å². The maximum absolute atomic E-state index is 11.9. The predicted molar refractivity (Wildman–Crippen MR) is 76.2 cm³/mol. The highest BCUT2D eigenvalue weighted by Crippen LogP contribution is 2.13. The summed E-state index contributed by atoms with van der Waals surface area (Å²) >= 11 is 0. The molecule has 1 aromatic heterocycles. The summed E-state index contributed by atoms with van der Waals surface area (Å²) in [6, 6.07) is 10.2. The molecule has 0 radical (unpaired) electrons. The summed E-state index contributed by atoms with van der Waals surface area (Å²) < 4.78 is 26.3. The van der Waals surface area contributed by atoms with Crippen LogP contribution in [0.15, 0.2) is 48.8 Å². The molecule has 0 saturated heterocycles. The minimum atomic E-state index is -3.36. The first kappa shape index (κ1) is 13.4. The van der Waals surface area contributed by atoms with Gasteiger partial charge in [-0.15, -0.1) is 0 Å². The van der Waals surface area contributed by atoms with Gasteiger partial charge in [-0.2, -0.15) is 0 Å². The number of sulfonamides is 1. The maximum Gasteiger partial charge on any atom is 0.233 e. The van der Waals surface area contributed by atoms with Crippen molar-refractivity contribution in [3.8, 4) is 0 Å². The summed E-state index contributed by atoms with van der Waals surface area (Å²) in [5.74, 6) is 0.0292. The fourth-order valence-corrected chi connectivity index (χ4v) is 2.69. The Kier molecular flexibility index (Phi) is 4.01. The Balaban J connectivity index is 1.97. The summed E-state index contributed by atoms with van der Waals surface area (Å²) in [6.07, 6.45) is 3.75. The lowest BCUT2D eigenvalue weighted by Crippen LogP contribution is -2.18. The van der Waals surface area contributed by atoms with E-state index in [1.165, 1.54) is 0 Å². The molecule has 0 aliphatic carbocycles. The monoisotopic (exact) mass is 277 g/mol. The first-order valence-corrected chi connectivity index (χ1v) is 7.45. The van der Waals surface area contributed by atoms with E-state index >= 15 is 0 Å². The quantitative estimate of drug-likeness (QED) is 0.814. The third kappa shape index (κ3) is 4.26. The largest absolute Gasteiger partial charge is 0.399 e. The molecule has 100 valence electrons. The predicted octanol–water partition coefficient (Wildman–Crippen LogP) is 1.65. The summed E-state index contributed by atoms with van der Waals surface area (Å²) in [5, 5.41) is 0. The first-order chi connectivity index (χ1) is 9.05. The van der Waals surface area contributed by atoms with Crippen LogP contribution in [0.2, 0.25) is 0 Å². The van der Waals surface area contributed by atoms with E-state index < -0.39 is 10.0 Å². The number of anilines is 2. The SMILES string of the molecule is Nc1ccc(NS(=O)(=O)CCc2ccncc2)cc1. The number of pyridine rings is 1. The third-order valence-electron chi connectivity index (χ3n) is 2.59. The average Bonchev–Trinajstić information content (AvgIpc) is 2.40. The van der Waals surface area contributed by atoms with E-state index in [1.807, 2.05) is 0 Å². The normalized spacial score (nSPS) is 11.2. The van der Waals surface area contributed by atoms with Crippen molar-refractivity contribution in [3.05, 3.63) is 54.4 Å². The van der Waals surface area contributed by atoms with Crippen molar-refractivity contribution in [2.75, 3.05) is 16.2 Å². The zero-order valence-corrected chi connectivity index (χ0v) is 11.1. The number of aromatic nitrogens is 1. The Labute approximate surface area is 112 Å². The Hall–Kier alpha value is -2.08. The van der Waals surface area contributed by atoms with Crippen molar-refractivity contribution in [2.45, 2.75) is 6.42 Å². The smallest absolute Gasteiger partial charge is 0.233 e. The summed E-state index contributed by atoms with van der Waals surface area (Å²) in [7, 11) is -3.36. The highest BCUT2D eigenvalue weighted by molar-refractivity contribution is 7.92. The van der Waals surface area contributed by atoms with Crippen LogP contribution in [0.4, 0.5) is 11.4 Å². The van der Waals surface area contributed by atoms with E-state index in [2.05, 4.69) is 9.71 Å². The number of nitrogens with zero attached hydrogens (tertiary/aromatic N) is 1. The highest BCUT2D eigenvalue weighted by Gasteiger charge is 2.10. The lowest BCUT2D eigenvalue weighted by atomic mass is 10.2. The number of nitrogens with two attached hydrogens (primary N) is 1. The number of benzene rings is 1. The van der Waals surface area contributed by atoms with E-state index in [4.69, 9.17) is 5.73 Å². The van der Waals surface area contributed by atoms with E-state index in [1.54, 1.807) is 48.8 Å². The van der Waals surface area contributed by atoms with Gasteiger partial charge in [0.05, 0.1) is 5.75 Å². The number of hydrogen-bond acceptors (Lipinski definition) is 4. The molecule has 0 amide bonds. The Morgan fingerprint density at radius 2 is 1.68 bits per heavy atom. The minimum absolute atomic E-state index is 0.0292. The number of hydrogen-bond donors (Lipinski definition) is 2. The number of nitrogens with one attached hydrogen (secondary N) is 1. The fourth-order valence-electron chi connectivity index (χ4n) is 1.58. The van der Waals surface area contributed by atoms with Crippen LogP contribution in [0, 0.1) is 0 Å². The standard InChI is InChI=1S/C13H15N3O2S/c14-12-1-3-13(4-2-12)16-19(17,18)10-7-11-5-8-15-9-6-11/h1-6,8-9,16H,7,10,14H2. The van der Waals surface area contributed by atoms with Crippen LogP contribution >= 0.6 is 0 Å². The second kappa shape index (κ2) is 5.71. The van der Waals surface area contributed by atoms with Crippen LogP contribution in [0.25, 0.3) is 0 Å². The van der Waals surface area contributed by atoms with Gasteiger partial charge in [-0.05, 0) is 48.4 Å². The molecular weight excluding hydrogens is 262 g/mol. The molecule has 2 rings (SSSR count). The van der Waals surface area contributed by atoms with Gasteiger partial charge in [-0.1, -0.05) is 0 Å².